The first-order chi connectivity index (χ1) is 12.9. The Hall–Kier alpha value is -2.43. The fourth-order valence-corrected chi connectivity index (χ4v) is 4.20. The highest BCUT2D eigenvalue weighted by molar-refractivity contribution is 7.89. The van der Waals surface area contributed by atoms with Crippen LogP contribution in [0, 0.1) is 6.92 Å². The van der Waals surface area contributed by atoms with Crippen molar-refractivity contribution in [3.05, 3.63) is 101 Å². The van der Waals surface area contributed by atoms with Crippen LogP contribution in [0.5, 0.6) is 0 Å². The van der Waals surface area contributed by atoms with Crippen molar-refractivity contribution in [1.29, 1.82) is 0 Å². The van der Waals surface area contributed by atoms with Crippen molar-refractivity contribution >= 4 is 10.0 Å². The SMILES string of the molecule is Cc1ccc(S(=O)(=O)N[C@H](c2ccccc2)c2ccc(C(C)C)cc2)cc1. The number of nitrogens with one attached hydrogen (secondary N) is 1. The van der Waals surface area contributed by atoms with Crippen LogP contribution in [0.3, 0.4) is 0 Å². The van der Waals surface area contributed by atoms with E-state index in [1.165, 1.54) is 5.56 Å². The molecule has 0 radical (unpaired) electrons. The van der Waals surface area contributed by atoms with Crippen LogP contribution in [-0.4, -0.2) is 8.42 Å². The lowest BCUT2D eigenvalue weighted by Crippen LogP contribution is -2.29. The van der Waals surface area contributed by atoms with Gasteiger partial charge in [-0.25, -0.2) is 8.42 Å². The molecule has 3 rings (SSSR count). The van der Waals surface area contributed by atoms with Crippen LogP contribution in [0.2, 0.25) is 0 Å². The maximum atomic E-state index is 13.0. The molecule has 140 valence electrons. The summed E-state index contributed by atoms with van der Waals surface area (Å²) in [7, 11) is -3.65. The Labute approximate surface area is 162 Å². The molecule has 0 saturated heterocycles. The molecule has 0 amide bonds. The molecule has 0 aliphatic rings. The van der Waals surface area contributed by atoms with Gasteiger partial charge < -0.3 is 0 Å². The lowest BCUT2D eigenvalue weighted by molar-refractivity contribution is 0.572. The zero-order valence-electron chi connectivity index (χ0n) is 15.9. The Kier molecular flexibility index (Phi) is 5.78. The van der Waals surface area contributed by atoms with Crippen LogP contribution in [0.4, 0.5) is 0 Å². The second kappa shape index (κ2) is 8.07. The second-order valence-corrected chi connectivity index (χ2v) is 8.81. The summed E-state index contributed by atoms with van der Waals surface area (Å²) in [5.74, 6) is 0.429. The number of hydrogen-bond donors (Lipinski definition) is 1. The molecule has 3 nitrogen and oxygen atoms in total. The van der Waals surface area contributed by atoms with Gasteiger partial charge in [0.2, 0.25) is 10.0 Å². The third-order valence-electron chi connectivity index (χ3n) is 4.67. The smallest absolute Gasteiger partial charge is 0.207 e. The van der Waals surface area contributed by atoms with Crippen molar-refractivity contribution in [2.24, 2.45) is 0 Å². The largest absolute Gasteiger partial charge is 0.241 e. The van der Waals surface area contributed by atoms with E-state index in [1.54, 1.807) is 12.1 Å². The first kappa shape index (κ1) is 19.3. The van der Waals surface area contributed by atoms with Crippen LogP contribution in [0.1, 0.15) is 48.1 Å². The van der Waals surface area contributed by atoms with Gasteiger partial charge >= 0.3 is 0 Å². The Bertz CT molecular complexity index is 977. The van der Waals surface area contributed by atoms with Crippen LogP contribution < -0.4 is 4.72 Å². The summed E-state index contributed by atoms with van der Waals surface area (Å²) in [5, 5.41) is 0. The summed E-state index contributed by atoms with van der Waals surface area (Å²) in [4.78, 5) is 0.271. The lowest BCUT2D eigenvalue weighted by Gasteiger charge is -2.20. The molecule has 1 N–H and O–H groups in total. The van der Waals surface area contributed by atoms with E-state index in [1.807, 2.05) is 61.5 Å². The molecule has 0 aliphatic heterocycles. The molecular formula is C23H25NO2S. The van der Waals surface area contributed by atoms with Gasteiger partial charge in [-0.15, -0.1) is 0 Å². The molecule has 0 bridgehead atoms. The minimum atomic E-state index is -3.65. The summed E-state index contributed by atoms with van der Waals surface area (Å²) in [5.41, 5.74) is 4.08. The fraction of sp³-hybridized carbons (Fsp3) is 0.217. The van der Waals surface area contributed by atoms with Crippen LogP contribution >= 0.6 is 0 Å². The normalized spacial score (nSPS) is 12.9. The number of sulfonamides is 1. The molecule has 27 heavy (non-hydrogen) atoms. The molecule has 3 aromatic carbocycles. The molecular weight excluding hydrogens is 354 g/mol. The van der Waals surface area contributed by atoms with E-state index in [2.05, 4.69) is 30.7 Å². The monoisotopic (exact) mass is 379 g/mol. The van der Waals surface area contributed by atoms with Gasteiger partial charge in [-0.2, -0.15) is 4.72 Å². The zero-order valence-corrected chi connectivity index (χ0v) is 16.7. The van der Waals surface area contributed by atoms with E-state index >= 15 is 0 Å². The molecule has 0 aromatic heterocycles. The Morgan fingerprint density at radius 2 is 1.22 bits per heavy atom. The average Bonchev–Trinajstić information content (AvgIpc) is 2.67. The summed E-state index contributed by atoms with van der Waals surface area (Å²) in [6.07, 6.45) is 0. The van der Waals surface area contributed by atoms with Crippen molar-refractivity contribution in [3.8, 4) is 0 Å². The number of benzene rings is 3. The molecule has 4 heteroatoms. The van der Waals surface area contributed by atoms with Gasteiger partial charge in [0.05, 0.1) is 10.9 Å². The Morgan fingerprint density at radius 1 is 0.704 bits per heavy atom. The van der Waals surface area contributed by atoms with Crippen molar-refractivity contribution in [2.45, 2.75) is 37.6 Å². The number of rotatable bonds is 6. The minimum Gasteiger partial charge on any atom is -0.207 e. The molecule has 0 saturated carbocycles. The summed E-state index contributed by atoms with van der Waals surface area (Å²) in [6, 6.07) is 24.3. The van der Waals surface area contributed by atoms with Crippen LogP contribution in [0.25, 0.3) is 0 Å². The minimum absolute atomic E-state index is 0.271. The fourth-order valence-electron chi connectivity index (χ4n) is 2.99. The topological polar surface area (TPSA) is 46.2 Å². The Morgan fingerprint density at radius 3 is 1.78 bits per heavy atom. The van der Waals surface area contributed by atoms with Crippen LogP contribution in [-0.2, 0) is 10.0 Å². The third-order valence-corrected chi connectivity index (χ3v) is 6.11. The molecule has 0 heterocycles. The lowest BCUT2D eigenvalue weighted by atomic mass is 9.96. The van der Waals surface area contributed by atoms with Gasteiger partial charge in [-0.3, -0.25) is 0 Å². The molecule has 0 fully saturated rings. The van der Waals surface area contributed by atoms with E-state index < -0.39 is 16.1 Å². The second-order valence-electron chi connectivity index (χ2n) is 7.10. The zero-order chi connectivity index (χ0) is 19.4. The molecule has 0 unspecified atom stereocenters. The molecule has 1 atom stereocenters. The van der Waals surface area contributed by atoms with Gasteiger partial charge in [0, 0.05) is 0 Å². The highest BCUT2D eigenvalue weighted by atomic mass is 32.2. The van der Waals surface area contributed by atoms with Gasteiger partial charge in [-0.05, 0) is 41.7 Å². The molecule has 0 aliphatic carbocycles. The van der Waals surface area contributed by atoms with Crippen molar-refractivity contribution in [2.75, 3.05) is 0 Å². The van der Waals surface area contributed by atoms with Gasteiger partial charge in [-0.1, -0.05) is 86.1 Å². The van der Waals surface area contributed by atoms with Gasteiger partial charge in [0.25, 0.3) is 0 Å². The summed E-state index contributed by atoms with van der Waals surface area (Å²) >= 11 is 0. The van der Waals surface area contributed by atoms with Gasteiger partial charge in [0.15, 0.2) is 0 Å². The molecule has 0 spiro atoms. The van der Waals surface area contributed by atoms with E-state index in [4.69, 9.17) is 0 Å². The van der Waals surface area contributed by atoms with E-state index in [9.17, 15) is 8.42 Å². The quantitative estimate of drug-likeness (QED) is 0.641. The highest BCUT2D eigenvalue weighted by Gasteiger charge is 2.23. The first-order valence-electron chi connectivity index (χ1n) is 9.10. The third kappa shape index (κ3) is 4.65. The predicted octanol–water partition coefficient (Wildman–Crippen LogP) is 5.19. The summed E-state index contributed by atoms with van der Waals surface area (Å²) in [6.45, 7) is 6.22. The average molecular weight is 380 g/mol. The summed E-state index contributed by atoms with van der Waals surface area (Å²) < 4.78 is 28.8. The maximum absolute atomic E-state index is 13.0. The highest BCUT2D eigenvalue weighted by Crippen LogP contribution is 2.26. The van der Waals surface area contributed by atoms with E-state index in [0.29, 0.717) is 5.92 Å². The standard InChI is InChI=1S/C23H25NO2S/c1-17(2)19-11-13-21(14-12-19)23(20-7-5-4-6-8-20)24-27(25,26)22-15-9-18(3)10-16-22/h4-17,23-24H,1-3H3/t23-/m1/s1. The number of hydrogen-bond acceptors (Lipinski definition) is 2. The van der Waals surface area contributed by atoms with E-state index in [0.717, 1.165) is 16.7 Å². The predicted molar refractivity (Wildman–Crippen MR) is 110 cm³/mol. The van der Waals surface area contributed by atoms with Crippen LogP contribution in [0.15, 0.2) is 83.8 Å². The van der Waals surface area contributed by atoms with E-state index in [-0.39, 0.29) is 4.90 Å². The molecule has 3 aromatic rings. The van der Waals surface area contributed by atoms with Crippen molar-refractivity contribution in [3.63, 3.8) is 0 Å². The Balaban J connectivity index is 1.99. The number of aryl methyl sites for hydroxylation is 1. The van der Waals surface area contributed by atoms with Gasteiger partial charge in [0.1, 0.15) is 0 Å². The van der Waals surface area contributed by atoms with Crippen molar-refractivity contribution in [1.82, 2.24) is 4.72 Å². The maximum Gasteiger partial charge on any atom is 0.241 e. The van der Waals surface area contributed by atoms with Crippen molar-refractivity contribution < 1.29 is 8.42 Å². The first-order valence-corrected chi connectivity index (χ1v) is 10.6.